The number of amides is 1. The molecule has 0 bridgehead atoms. The fourth-order valence-electron chi connectivity index (χ4n) is 2.74. The molecule has 1 saturated heterocycles. The lowest BCUT2D eigenvalue weighted by molar-refractivity contribution is -0.116. The standard InChI is InChI=1S/C17H18N4O/c1-2-6-17(22)19-13-7-5-10-21(12-13)16-11-18-14-8-3-4-9-15(14)20-16/h3-4,8-9,11,13H,5,7,10,12H2,1H3,(H,19,22). The van der Waals surface area contributed by atoms with Crippen molar-refractivity contribution in [2.75, 3.05) is 18.0 Å². The minimum Gasteiger partial charge on any atom is -0.353 e. The van der Waals surface area contributed by atoms with Crippen LogP contribution in [0.15, 0.2) is 30.5 Å². The predicted octanol–water partition coefficient (Wildman–Crippen LogP) is 1.74. The van der Waals surface area contributed by atoms with E-state index in [0.717, 1.165) is 42.8 Å². The molecule has 112 valence electrons. The highest BCUT2D eigenvalue weighted by Gasteiger charge is 2.22. The molecule has 2 heterocycles. The number of piperidine rings is 1. The lowest BCUT2D eigenvalue weighted by Crippen LogP contribution is -2.47. The van der Waals surface area contributed by atoms with Crippen molar-refractivity contribution in [1.29, 1.82) is 0 Å². The van der Waals surface area contributed by atoms with Gasteiger partial charge in [-0.1, -0.05) is 18.1 Å². The molecule has 2 aromatic rings. The van der Waals surface area contributed by atoms with Crippen LogP contribution in [0.5, 0.6) is 0 Å². The Bertz CT molecular complexity index is 747. The molecule has 1 N–H and O–H groups in total. The summed E-state index contributed by atoms with van der Waals surface area (Å²) < 4.78 is 0. The van der Waals surface area contributed by atoms with E-state index < -0.39 is 0 Å². The zero-order chi connectivity index (χ0) is 15.4. The van der Waals surface area contributed by atoms with Gasteiger partial charge in [-0.2, -0.15) is 0 Å². The van der Waals surface area contributed by atoms with Crippen molar-refractivity contribution in [2.45, 2.75) is 25.8 Å². The van der Waals surface area contributed by atoms with Crippen molar-refractivity contribution < 1.29 is 4.79 Å². The summed E-state index contributed by atoms with van der Waals surface area (Å²) in [5.74, 6) is 5.80. The molecule has 1 aliphatic rings. The lowest BCUT2D eigenvalue weighted by Gasteiger charge is -2.33. The second-order valence-electron chi connectivity index (χ2n) is 5.35. The number of hydrogen-bond donors (Lipinski definition) is 1. The highest BCUT2D eigenvalue weighted by atomic mass is 16.1. The Morgan fingerprint density at radius 3 is 3.00 bits per heavy atom. The van der Waals surface area contributed by atoms with Crippen molar-refractivity contribution in [2.24, 2.45) is 0 Å². The molecule has 5 nitrogen and oxygen atoms in total. The van der Waals surface area contributed by atoms with E-state index in [1.54, 1.807) is 13.1 Å². The number of aromatic nitrogens is 2. The maximum atomic E-state index is 11.6. The average Bonchev–Trinajstić information content (AvgIpc) is 2.55. The van der Waals surface area contributed by atoms with E-state index in [0.29, 0.717) is 0 Å². The Morgan fingerprint density at radius 2 is 2.18 bits per heavy atom. The number of hydrogen-bond acceptors (Lipinski definition) is 4. The summed E-state index contributed by atoms with van der Waals surface area (Å²) in [5, 5.41) is 2.95. The number of benzene rings is 1. The molecule has 1 aromatic carbocycles. The van der Waals surface area contributed by atoms with Gasteiger partial charge in [0.25, 0.3) is 5.91 Å². The molecular weight excluding hydrogens is 276 g/mol. The summed E-state index contributed by atoms with van der Waals surface area (Å²) >= 11 is 0. The van der Waals surface area contributed by atoms with Gasteiger partial charge in [0.2, 0.25) is 0 Å². The van der Waals surface area contributed by atoms with Gasteiger partial charge >= 0.3 is 0 Å². The molecular formula is C17H18N4O. The number of rotatable bonds is 2. The van der Waals surface area contributed by atoms with Crippen LogP contribution < -0.4 is 10.2 Å². The second-order valence-corrected chi connectivity index (χ2v) is 5.35. The quantitative estimate of drug-likeness (QED) is 0.857. The number of carbonyl (C=O) groups is 1. The molecule has 0 aliphatic carbocycles. The van der Waals surface area contributed by atoms with E-state index in [1.807, 2.05) is 24.3 Å². The van der Waals surface area contributed by atoms with Crippen LogP contribution >= 0.6 is 0 Å². The van der Waals surface area contributed by atoms with Gasteiger partial charge in [-0.15, -0.1) is 0 Å². The molecule has 22 heavy (non-hydrogen) atoms. The molecule has 1 amide bonds. The van der Waals surface area contributed by atoms with Crippen LogP contribution in [0.2, 0.25) is 0 Å². The van der Waals surface area contributed by atoms with E-state index in [2.05, 4.69) is 32.0 Å². The minimum absolute atomic E-state index is 0.107. The molecule has 1 fully saturated rings. The maximum Gasteiger partial charge on any atom is 0.296 e. The summed E-state index contributed by atoms with van der Waals surface area (Å²) in [4.78, 5) is 22.9. The van der Waals surface area contributed by atoms with Crippen molar-refractivity contribution in [3.05, 3.63) is 30.5 Å². The van der Waals surface area contributed by atoms with Crippen LogP contribution in [-0.4, -0.2) is 35.0 Å². The molecule has 5 heteroatoms. The van der Waals surface area contributed by atoms with Gasteiger partial charge in [-0.05, 0) is 37.8 Å². The van der Waals surface area contributed by atoms with E-state index in [9.17, 15) is 4.79 Å². The highest BCUT2D eigenvalue weighted by Crippen LogP contribution is 2.19. The highest BCUT2D eigenvalue weighted by molar-refractivity contribution is 5.93. The number of nitrogens with one attached hydrogen (secondary N) is 1. The zero-order valence-corrected chi connectivity index (χ0v) is 12.5. The first-order chi connectivity index (χ1) is 10.8. The molecule has 0 saturated carbocycles. The van der Waals surface area contributed by atoms with Gasteiger partial charge in [0.05, 0.1) is 17.2 Å². The number of para-hydroxylation sites is 2. The Morgan fingerprint density at radius 1 is 1.36 bits per heavy atom. The molecule has 0 spiro atoms. The van der Waals surface area contributed by atoms with Crippen LogP contribution in [-0.2, 0) is 4.79 Å². The van der Waals surface area contributed by atoms with Crippen LogP contribution in [0.25, 0.3) is 11.0 Å². The zero-order valence-electron chi connectivity index (χ0n) is 12.5. The lowest BCUT2D eigenvalue weighted by atomic mass is 10.1. The largest absolute Gasteiger partial charge is 0.353 e. The van der Waals surface area contributed by atoms with Crippen LogP contribution in [0, 0.1) is 11.8 Å². The summed E-state index contributed by atoms with van der Waals surface area (Å²) in [5.41, 5.74) is 1.79. The Hall–Kier alpha value is -2.61. The molecule has 1 aliphatic heterocycles. The third-order valence-corrected chi connectivity index (χ3v) is 3.75. The Labute approximate surface area is 129 Å². The van der Waals surface area contributed by atoms with Gasteiger partial charge in [-0.25, -0.2) is 4.98 Å². The van der Waals surface area contributed by atoms with Crippen LogP contribution in [0.1, 0.15) is 19.8 Å². The molecule has 3 rings (SSSR count). The first-order valence-corrected chi connectivity index (χ1v) is 7.46. The normalized spacial score (nSPS) is 17.7. The van der Waals surface area contributed by atoms with Crippen molar-refractivity contribution >= 4 is 22.8 Å². The predicted molar refractivity (Wildman–Crippen MR) is 86.4 cm³/mol. The van der Waals surface area contributed by atoms with Crippen LogP contribution in [0.4, 0.5) is 5.82 Å². The fourth-order valence-corrected chi connectivity index (χ4v) is 2.74. The fraction of sp³-hybridized carbons (Fsp3) is 0.353. The SMILES string of the molecule is CC#CC(=O)NC1CCCN(c2cnc3ccccc3n2)C1. The second kappa shape index (κ2) is 6.44. The number of carbonyl (C=O) groups excluding carboxylic acids is 1. The monoisotopic (exact) mass is 294 g/mol. The van der Waals surface area contributed by atoms with Gasteiger partial charge in [-0.3, -0.25) is 9.78 Å². The molecule has 1 aromatic heterocycles. The average molecular weight is 294 g/mol. The first kappa shape index (κ1) is 14.3. The van der Waals surface area contributed by atoms with E-state index in [1.165, 1.54) is 0 Å². The van der Waals surface area contributed by atoms with Crippen molar-refractivity contribution in [1.82, 2.24) is 15.3 Å². The number of fused-ring (bicyclic) bond motifs is 1. The maximum absolute atomic E-state index is 11.6. The number of nitrogens with zero attached hydrogens (tertiary/aromatic N) is 3. The molecule has 1 atom stereocenters. The molecule has 1 unspecified atom stereocenters. The minimum atomic E-state index is -0.209. The van der Waals surface area contributed by atoms with Gasteiger partial charge in [0, 0.05) is 19.1 Å². The number of anilines is 1. The Kier molecular flexibility index (Phi) is 4.19. The van der Waals surface area contributed by atoms with E-state index in [-0.39, 0.29) is 11.9 Å². The van der Waals surface area contributed by atoms with Gasteiger partial charge in [0.15, 0.2) is 0 Å². The molecule has 0 radical (unpaired) electrons. The smallest absolute Gasteiger partial charge is 0.296 e. The van der Waals surface area contributed by atoms with Crippen molar-refractivity contribution in [3.63, 3.8) is 0 Å². The van der Waals surface area contributed by atoms with E-state index in [4.69, 9.17) is 0 Å². The Balaban J connectivity index is 1.75. The third kappa shape index (κ3) is 3.17. The van der Waals surface area contributed by atoms with E-state index >= 15 is 0 Å². The summed E-state index contributed by atoms with van der Waals surface area (Å²) in [6, 6.07) is 7.94. The third-order valence-electron chi connectivity index (χ3n) is 3.75. The van der Waals surface area contributed by atoms with Gasteiger partial charge < -0.3 is 10.2 Å². The summed E-state index contributed by atoms with van der Waals surface area (Å²) in [7, 11) is 0. The summed E-state index contributed by atoms with van der Waals surface area (Å²) in [6.07, 6.45) is 3.78. The van der Waals surface area contributed by atoms with Gasteiger partial charge in [0.1, 0.15) is 5.82 Å². The summed E-state index contributed by atoms with van der Waals surface area (Å²) in [6.45, 7) is 3.33. The van der Waals surface area contributed by atoms with Crippen molar-refractivity contribution in [3.8, 4) is 11.8 Å². The topological polar surface area (TPSA) is 58.1 Å². The van der Waals surface area contributed by atoms with Crippen LogP contribution in [0.3, 0.4) is 0 Å². The first-order valence-electron chi connectivity index (χ1n) is 7.46.